The first-order valence-electron chi connectivity index (χ1n) is 8.43. The molecule has 0 aliphatic rings. The van der Waals surface area contributed by atoms with E-state index in [1.807, 2.05) is 0 Å². The number of benzene rings is 2. The highest BCUT2D eigenvalue weighted by atomic mass is 35.5. The van der Waals surface area contributed by atoms with Gasteiger partial charge in [0.25, 0.3) is 15.9 Å². The summed E-state index contributed by atoms with van der Waals surface area (Å²) in [6.07, 6.45) is 1.23. The Bertz CT molecular complexity index is 1100. The van der Waals surface area contributed by atoms with Gasteiger partial charge >= 0.3 is 0 Å². The summed E-state index contributed by atoms with van der Waals surface area (Å²) in [6.45, 7) is 3.57. The highest BCUT2D eigenvalue weighted by Crippen LogP contribution is 2.30. The molecule has 7 nitrogen and oxygen atoms in total. The van der Waals surface area contributed by atoms with Crippen LogP contribution in [0.3, 0.4) is 0 Å². The molecule has 3 aromatic rings. The molecule has 0 fully saturated rings. The van der Waals surface area contributed by atoms with Gasteiger partial charge in [-0.2, -0.15) is 0 Å². The summed E-state index contributed by atoms with van der Waals surface area (Å²) in [6, 6.07) is 13.0. The molecule has 3 rings (SSSR count). The number of hydrogen-bond donors (Lipinski definition) is 1. The van der Waals surface area contributed by atoms with E-state index in [0.717, 1.165) is 0 Å². The summed E-state index contributed by atoms with van der Waals surface area (Å²) in [7, 11) is -3.94. The van der Waals surface area contributed by atoms with E-state index < -0.39 is 15.9 Å². The van der Waals surface area contributed by atoms with Gasteiger partial charge in [-0.3, -0.25) is 9.10 Å². The molecule has 1 heterocycles. The van der Waals surface area contributed by atoms with E-state index in [1.54, 1.807) is 44.2 Å². The van der Waals surface area contributed by atoms with E-state index in [1.165, 1.54) is 28.8 Å². The molecule has 0 saturated carbocycles. The maximum absolute atomic E-state index is 13.2. The number of oxazole rings is 1. The number of nitrogens with zero attached hydrogens (tertiary/aromatic N) is 2. The molecular formula is C19H18ClN3O4S. The normalized spacial score (nSPS) is 11.2. The van der Waals surface area contributed by atoms with Gasteiger partial charge in [0.1, 0.15) is 11.2 Å². The number of carbonyl (C=O) groups excluding carboxylic acids is 1. The van der Waals surface area contributed by atoms with Crippen molar-refractivity contribution in [2.75, 3.05) is 16.2 Å². The summed E-state index contributed by atoms with van der Waals surface area (Å²) in [5.74, 6) is -0.163. The van der Waals surface area contributed by atoms with Crippen LogP contribution in [0.1, 0.15) is 23.3 Å². The first kappa shape index (κ1) is 19.9. The van der Waals surface area contributed by atoms with Gasteiger partial charge in [-0.25, -0.2) is 13.4 Å². The van der Waals surface area contributed by atoms with Gasteiger partial charge in [0, 0.05) is 19.2 Å². The number of carbonyl (C=O) groups is 1. The minimum Gasteiger partial charge on any atom is -0.448 e. The van der Waals surface area contributed by atoms with Crippen molar-refractivity contribution < 1.29 is 17.6 Å². The predicted molar refractivity (Wildman–Crippen MR) is 107 cm³/mol. The van der Waals surface area contributed by atoms with Gasteiger partial charge in [-0.15, -0.1) is 0 Å². The van der Waals surface area contributed by atoms with Crippen LogP contribution in [0.5, 0.6) is 0 Å². The maximum atomic E-state index is 13.2. The minimum atomic E-state index is -3.94. The van der Waals surface area contributed by atoms with Gasteiger partial charge in [-0.1, -0.05) is 29.8 Å². The third kappa shape index (κ3) is 4.02. The van der Waals surface area contributed by atoms with Crippen molar-refractivity contribution >= 4 is 38.9 Å². The third-order valence-electron chi connectivity index (χ3n) is 3.94. The standard InChI is InChI=1S/C19H18ClN3O4S/c1-3-23(15-7-5-4-6-8-15)28(25,26)18-11-14(9-10-16(18)20)22-19(24)17-12-27-13(2)21-17/h4-12H,3H2,1-2H3,(H,22,24). The summed E-state index contributed by atoms with van der Waals surface area (Å²) in [5, 5.41) is 2.66. The Hall–Kier alpha value is -2.84. The SMILES string of the molecule is CCN(c1ccccc1)S(=O)(=O)c1cc(NC(=O)c2coc(C)n2)ccc1Cl. The van der Waals surface area contributed by atoms with E-state index in [2.05, 4.69) is 10.3 Å². The maximum Gasteiger partial charge on any atom is 0.277 e. The quantitative estimate of drug-likeness (QED) is 0.649. The van der Waals surface area contributed by atoms with Gasteiger partial charge in [0.05, 0.1) is 10.7 Å². The van der Waals surface area contributed by atoms with E-state index in [-0.39, 0.29) is 27.8 Å². The molecule has 0 aliphatic heterocycles. The number of hydrogen-bond acceptors (Lipinski definition) is 5. The zero-order chi connectivity index (χ0) is 20.3. The fourth-order valence-corrected chi connectivity index (χ4v) is 4.62. The molecule has 0 saturated heterocycles. The Morgan fingerprint density at radius 3 is 2.54 bits per heavy atom. The Morgan fingerprint density at radius 2 is 1.93 bits per heavy atom. The molecule has 0 radical (unpaired) electrons. The molecule has 0 aliphatic carbocycles. The van der Waals surface area contributed by atoms with Crippen LogP contribution in [0.2, 0.25) is 5.02 Å². The highest BCUT2D eigenvalue weighted by Gasteiger charge is 2.26. The largest absolute Gasteiger partial charge is 0.448 e. The molecule has 1 aromatic heterocycles. The zero-order valence-electron chi connectivity index (χ0n) is 15.2. The molecule has 146 valence electrons. The monoisotopic (exact) mass is 419 g/mol. The van der Waals surface area contributed by atoms with Crippen LogP contribution in [-0.4, -0.2) is 25.9 Å². The minimum absolute atomic E-state index is 0.0599. The number of amides is 1. The first-order chi connectivity index (χ1) is 13.3. The Kier molecular flexibility index (Phi) is 5.71. The second kappa shape index (κ2) is 8.04. The third-order valence-corrected chi connectivity index (χ3v) is 6.32. The van der Waals surface area contributed by atoms with Crippen molar-refractivity contribution in [2.24, 2.45) is 0 Å². The lowest BCUT2D eigenvalue weighted by molar-refractivity contribution is 0.102. The average molecular weight is 420 g/mol. The molecule has 0 spiro atoms. The van der Waals surface area contributed by atoms with E-state index in [0.29, 0.717) is 11.6 Å². The number of halogens is 1. The van der Waals surface area contributed by atoms with Crippen molar-refractivity contribution in [1.29, 1.82) is 0 Å². The van der Waals surface area contributed by atoms with Crippen LogP contribution in [0.4, 0.5) is 11.4 Å². The van der Waals surface area contributed by atoms with Crippen LogP contribution in [0, 0.1) is 6.92 Å². The number of anilines is 2. The van der Waals surface area contributed by atoms with Crippen LogP contribution in [0.25, 0.3) is 0 Å². The summed E-state index contributed by atoms with van der Waals surface area (Å²) in [5.41, 5.74) is 0.891. The Balaban J connectivity index is 1.95. The fourth-order valence-electron chi connectivity index (χ4n) is 2.65. The van der Waals surface area contributed by atoms with Gasteiger partial charge < -0.3 is 9.73 Å². The van der Waals surface area contributed by atoms with Crippen LogP contribution in [-0.2, 0) is 10.0 Å². The molecule has 0 bridgehead atoms. The van der Waals surface area contributed by atoms with Gasteiger partial charge in [0.2, 0.25) is 0 Å². The second-order valence-corrected chi connectivity index (χ2v) is 8.09. The van der Waals surface area contributed by atoms with Crippen LogP contribution in [0.15, 0.2) is 64.1 Å². The Labute approximate surface area is 168 Å². The van der Waals surface area contributed by atoms with Gasteiger partial charge in [0.15, 0.2) is 11.6 Å². The Morgan fingerprint density at radius 1 is 1.21 bits per heavy atom. The molecule has 0 unspecified atom stereocenters. The number of aromatic nitrogens is 1. The molecule has 2 aromatic carbocycles. The summed E-state index contributed by atoms with van der Waals surface area (Å²) in [4.78, 5) is 16.1. The first-order valence-corrected chi connectivity index (χ1v) is 10.3. The van der Waals surface area contributed by atoms with Crippen LogP contribution < -0.4 is 9.62 Å². The van der Waals surface area contributed by atoms with E-state index in [4.69, 9.17) is 16.0 Å². The smallest absolute Gasteiger partial charge is 0.277 e. The number of rotatable bonds is 6. The highest BCUT2D eigenvalue weighted by molar-refractivity contribution is 7.93. The zero-order valence-corrected chi connectivity index (χ0v) is 16.8. The molecule has 9 heteroatoms. The lowest BCUT2D eigenvalue weighted by Crippen LogP contribution is -2.31. The summed E-state index contributed by atoms with van der Waals surface area (Å²) < 4.78 is 32.7. The average Bonchev–Trinajstić information content (AvgIpc) is 3.11. The van der Waals surface area contributed by atoms with E-state index in [9.17, 15) is 13.2 Å². The second-order valence-electron chi connectivity index (χ2n) is 5.86. The molecule has 1 N–H and O–H groups in total. The van der Waals surface area contributed by atoms with Crippen molar-refractivity contribution in [1.82, 2.24) is 4.98 Å². The van der Waals surface area contributed by atoms with Crippen molar-refractivity contribution in [2.45, 2.75) is 18.7 Å². The van der Waals surface area contributed by atoms with Crippen LogP contribution >= 0.6 is 11.6 Å². The van der Waals surface area contributed by atoms with Gasteiger partial charge in [-0.05, 0) is 37.3 Å². The molecular weight excluding hydrogens is 402 g/mol. The summed E-state index contributed by atoms with van der Waals surface area (Å²) >= 11 is 6.18. The number of nitrogens with one attached hydrogen (secondary N) is 1. The van der Waals surface area contributed by atoms with E-state index >= 15 is 0 Å². The number of aryl methyl sites for hydroxylation is 1. The molecule has 1 amide bonds. The van der Waals surface area contributed by atoms with Crippen molar-refractivity contribution in [3.8, 4) is 0 Å². The number of sulfonamides is 1. The molecule has 28 heavy (non-hydrogen) atoms. The van der Waals surface area contributed by atoms with Crippen molar-refractivity contribution in [3.05, 3.63) is 71.4 Å². The predicted octanol–water partition coefficient (Wildman–Crippen LogP) is 4.10. The lowest BCUT2D eigenvalue weighted by Gasteiger charge is -2.23. The van der Waals surface area contributed by atoms with Crippen molar-refractivity contribution in [3.63, 3.8) is 0 Å². The number of para-hydroxylation sites is 1. The fraction of sp³-hybridized carbons (Fsp3) is 0.158. The lowest BCUT2D eigenvalue weighted by atomic mass is 10.3. The molecule has 0 atom stereocenters. The topological polar surface area (TPSA) is 92.5 Å².